The molecule has 0 amide bonds. The van der Waals surface area contributed by atoms with Gasteiger partial charge in [0.2, 0.25) is 0 Å². The number of esters is 1. The smallest absolute Gasteiger partial charge is 0.311 e. The van der Waals surface area contributed by atoms with Gasteiger partial charge in [-0.25, -0.2) is 0 Å². The predicted octanol–water partition coefficient (Wildman–Crippen LogP) is 1.37. The molecule has 0 radical (unpaired) electrons. The highest BCUT2D eigenvalue weighted by Gasteiger charge is 2.53. The first kappa shape index (κ1) is 37.3. The number of carbonyl (C=O) groups is 1. The lowest BCUT2D eigenvalue weighted by atomic mass is 9.77. The lowest BCUT2D eigenvalue weighted by molar-refractivity contribution is -0.357. The summed E-state index contributed by atoms with van der Waals surface area (Å²) in [6.07, 6.45) is -4.85. The molecule has 2 aliphatic rings. The van der Waals surface area contributed by atoms with Crippen LogP contribution in [0, 0.1) is 17.8 Å². The van der Waals surface area contributed by atoms with Gasteiger partial charge in [0.1, 0.15) is 23.9 Å². The Morgan fingerprint density at radius 1 is 1.02 bits per heavy atom. The monoisotopic (exact) mass is 604 g/mol. The highest BCUT2D eigenvalue weighted by Crippen LogP contribution is 2.40. The SMILES string of the molecule is CC[C@H]1OC(=O)[C@H](C)[C@@H](O)[C@H](C)[C@@H](O[C@]2(C)O[C@H](C)C[C@H](N(C)C)[C@H]2O)[C@](C)(O)C[C@@H](C)CN(C)[C@H](C)[C@@H](O)[C@]1(C)O. The number of aliphatic hydroxyl groups is 5. The third kappa shape index (κ3) is 8.03. The molecule has 2 saturated heterocycles. The van der Waals surface area contributed by atoms with E-state index in [9.17, 15) is 30.3 Å². The molecule has 0 aromatic rings. The second kappa shape index (κ2) is 14.0. The zero-order valence-corrected chi connectivity index (χ0v) is 27.9. The van der Waals surface area contributed by atoms with Crippen molar-refractivity contribution in [2.75, 3.05) is 27.7 Å². The van der Waals surface area contributed by atoms with E-state index in [1.54, 1.807) is 34.6 Å². The topological polar surface area (TPSA) is 152 Å². The number of nitrogens with zero attached hydrogens (tertiary/aromatic N) is 2. The van der Waals surface area contributed by atoms with Gasteiger partial charge in [0.25, 0.3) is 0 Å². The molecule has 42 heavy (non-hydrogen) atoms. The van der Waals surface area contributed by atoms with Gasteiger partial charge in [0.05, 0.1) is 29.8 Å². The summed E-state index contributed by atoms with van der Waals surface area (Å²) in [4.78, 5) is 17.2. The number of ether oxygens (including phenoxy) is 3. The van der Waals surface area contributed by atoms with E-state index >= 15 is 0 Å². The Kier molecular flexibility index (Phi) is 12.5. The van der Waals surface area contributed by atoms with Crippen LogP contribution in [0.2, 0.25) is 0 Å². The van der Waals surface area contributed by atoms with Gasteiger partial charge in [0, 0.05) is 24.5 Å². The van der Waals surface area contributed by atoms with Gasteiger partial charge in [-0.15, -0.1) is 0 Å². The summed E-state index contributed by atoms with van der Waals surface area (Å²) in [5.41, 5.74) is -3.28. The van der Waals surface area contributed by atoms with Crippen molar-refractivity contribution < 1.29 is 44.5 Å². The van der Waals surface area contributed by atoms with Gasteiger partial charge in [-0.2, -0.15) is 0 Å². The Hall–Kier alpha value is -0.890. The van der Waals surface area contributed by atoms with Crippen LogP contribution in [0.5, 0.6) is 0 Å². The van der Waals surface area contributed by atoms with Crippen LogP contribution in [0.3, 0.4) is 0 Å². The molecular formula is C31H60N2O9. The van der Waals surface area contributed by atoms with Gasteiger partial charge < -0.3 is 49.5 Å². The number of hydrogen-bond donors (Lipinski definition) is 5. The Labute approximate surface area is 253 Å². The van der Waals surface area contributed by atoms with Crippen LogP contribution < -0.4 is 0 Å². The number of aliphatic hydroxyl groups excluding tert-OH is 3. The van der Waals surface area contributed by atoms with Crippen molar-refractivity contribution in [1.29, 1.82) is 0 Å². The van der Waals surface area contributed by atoms with Crippen molar-refractivity contribution in [1.82, 2.24) is 9.80 Å². The molecule has 0 unspecified atom stereocenters. The van der Waals surface area contributed by atoms with Crippen LogP contribution in [-0.4, -0.2) is 135 Å². The average molecular weight is 605 g/mol. The first-order valence-corrected chi connectivity index (χ1v) is 15.5. The van der Waals surface area contributed by atoms with E-state index in [4.69, 9.17) is 14.2 Å². The van der Waals surface area contributed by atoms with E-state index in [1.807, 2.05) is 44.8 Å². The zero-order valence-electron chi connectivity index (χ0n) is 27.9. The van der Waals surface area contributed by atoms with Crippen molar-refractivity contribution in [3.63, 3.8) is 0 Å². The Balaban J connectivity index is 2.58. The van der Waals surface area contributed by atoms with E-state index in [0.717, 1.165) is 0 Å². The second-order valence-corrected chi connectivity index (χ2v) is 14.2. The standard InChI is InChI=1S/C31H60N2O9/c1-13-23-30(8,39)25(35)21(6)33(12)16-17(2)15-29(7,38)27(19(4)24(34)20(5)28(37)40-23)42-31(9)26(36)22(32(10)11)14-18(3)41-31/h17-27,34-36,38-39H,13-16H2,1-12H3/t17-,18-,19+,20-,21-,22+,23-,24+,25-,26-,27-,29-,30-,31+/m1/s1. The molecule has 0 aromatic heterocycles. The maximum Gasteiger partial charge on any atom is 0.311 e. The fourth-order valence-electron chi connectivity index (χ4n) is 7.08. The summed E-state index contributed by atoms with van der Waals surface area (Å²) in [6.45, 7) is 15.9. The largest absolute Gasteiger partial charge is 0.459 e. The molecule has 2 aliphatic heterocycles. The van der Waals surface area contributed by atoms with Crippen LogP contribution in [0.4, 0.5) is 0 Å². The molecule has 11 heteroatoms. The molecule has 0 aromatic carbocycles. The molecule has 0 spiro atoms. The highest BCUT2D eigenvalue weighted by atomic mass is 16.7. The van der Waals surface area contributed by atoms with Gasteiger partial charge in [-0.05, 0) is 87.9 Å². The van der Waals surface area contributed by atoms with E-state index < -0.39 is 71.4 Å². The summed E-state index contributed by atoms with van der Waals surface area (Å²) < 4.78 is 18.5. The quantitative estimate of drug-likeness (QED) is 0.296. The summed E-state index contributed by atoms with van der Waals surface area (Å²) in [5.74, 6) is -4.21. The molecular weight excluding hydrogens is 544 g/mol. The zero-order chi connectivity index (χ0) is 32.5. The third-order valence-electron chi connectivity index (χ3n) is 9.84. The van der Waals surface area contributed by atoms with Crippen molar-refractivity contribution in [2.24, 2.45) is 17.8 Å². The molecule has 0 bridgehead atoms. The van der Waals surface area contributed by atoms with E-state index in [-0.39, 0.29) is 30.9 Å². The molecule has 14 atom stereocenters. The van der Waals surface area contributed by atoms with Crippen molar-refractivity contribution >= 4 is 5.97 Å². The minimum atomic E-state index is -1.75. The molecule has 2 heterocycles. The molecule has 0 saturated carbocycles. The fraction of sp³-hybridized carbons (Fsp3) is 0.968. The average Bonchev–Trinajstić information content (AvgIpc) is 2.88. The number of carbonyl (C=O) groups excluding carboxylic acids is 1. The Bertz CT molecular complexity index is 886. The molecule has 0 aliphatic carbocycles. The first-order valence-electron chi connectivity index (χ1n) is 15.5. The summed E-state index contributed by atoms with van der Waals surface area (Å²) in [6, 6.07) is -0.771. The maximum atomic E-state index is 13.3. The molecule has 2 rings (SSSR count). The van der Waals surface area contributed by atoms with Crippen LogP contribution in [0.1, 0.15) is 81.6 Å². The third-order valence-corrected chi connectivity index (χ3v) is 9.84. The van der Waals surface area contributed by atoms with Crippen molar-refractivity contribution in [2.45, 2.75) is 147 Å². The van der Waals surface area contributed by atoms with Gasteiger partial charge >= 0.3 is 5.97 Å². The van der Waals surface area contributed by atoms with Crippen molar-refractivity contribution in [3.05, 3.63) is 0 Å². The molecule has 11 nitrogen and oxygen atoms in total. The number of rotatable bonds is 4. The highest BCUT2D eigenvalue weighted by molar-refractivity contribution is 5.73. The summed E-state index contributed by atoms with van der Waals surface area (Å²) in [7, 11) is 5.59. The number of cyclic esters (lactones) is 1. The lowest BCUT2D eigenvalue weighted by Gasteiger charge is -2.51. The maximum absolute atomic E-state index is 13.3. The molecule has 248 valence electrons. The van der Waals surface area contributed by atoms with E-state index in [2.05, 4.69) is 0 Å². The van der Waals surface area contributed by atoms with Crippen LogP contribution in [0.25, 0.3) is 0 Å². The number of hydrogen-bond acceptors (Lipinski definition) is 11. The van der Waals surface area contributed by atoms with Crippen molar-refractivity contribution in [3.8, 4) is 0 Å². The van der Waals surface area contributed by atoms with Gasteiger partial charge in [-0.1, -0.05) is 20.8 Å². The van der Waals surface area contributed by atoms with Gasteiger partial charge in [0.15, 0.2) is 5.79 Å². The van der Waals surface area contributed by atoms with Crippen LogP contribution in [0.15, 0.2) is 0 Å². The molecule has 5 N–H and O–H groups in total. The molecule has 2 fully saturated rings. The minimum absolute atomic E-state index is 0.110. The van der Waals surface area contributed by atoms with E-state index in [0.29, 0.717) is 13.0 Å². The predicted molar refractivity (Wildman–Crippen MR) is 160 cm³/mol. The van der Waals surface area contributed by atoms with Crippen LogP contribution >= 0.6 is 0 Å². The minimum Gasteiger partial charge on any atom is -0.459 e. The van der Waals surface area contributed by atoms with Gasteiger partial charge in [-0.3, -0.25) is 4.79 Å². The first-order chi connectivity index (χ1) is 19.1. The fourth-order valence-corrected chi connectivity index (χ4v) is 7.08. The van der Waals surface area contributed by atoms with E-state index in [1.165, 1.54) is 13.8 Å². The summed E-state index contributed by atoms with van der Waals surface area (Å²) in [5, 5.41) is 57.5. The number of likely N-dealkylation sites (N-methyl/N-ethyl adjacent to an activating group) is 2. The second-order valence-electron chi connectivity index (χ2n) is 14.2. The lowest BCUT2D eigenvalue weighted by Crippen LogP contribution is -2.64. The normalized spacial score (nSPS) is 49.3. The van der Waals surface area contributed by atoms with Crippen LogP contribution in [-0.2, 0) is 19.0 Å². The summed E-state index contributed by atoms with van der Waals surface area (Å²) >= 11 is 0. The Morgan fingerprint density at radius 3 is 2.12 bits per heavy atom. The Morgan fingerprint density at radius 2 is 1.60 bits per heavy atom.